The Bertz CT molecular complexity index is 411. The van der Waals surface area contributed by atoms with E-state index in [9.17, 15) is 8.42 Å². The topological polar surface area (TPSA) is 82.3 Å². The maximum atomic E-state index is 10.9. The molecule has 0 aliphatic heterocycles. The Morgan fingerprint density at radius 1 is 1.47 bits per heavy atom. The number of nitrogens with two attached hydrogens (primary N) is 1. The van der Waals surface area contributed by atoms with Crippen molar-refractivity contribution in [1.29, 1.82) is 0 Å². The van der Waals surface area contributed by atoms with Crippen LogP contribution in [0.3, 0.4) is 0 Å². The van der Waals surface area contributed by atoms with Gasteiger partial charge in [0.2, 0.25) is 15.9 Å². The molecule has 15 heavy (non-hydrogen) atoms. The van der Waals surface area contributed by atoms with Crippen molar-refractivity contribution >= 4 is 10.0 Å². The van der Waals surface area contributed by atoms with E-state index in [4.69, 9.17) is 9.88 Å². The number of primary sulfonamides is 1. The summed E-state index contributed by atoms with van der Waals surface area (Å²) in [6.45, 7) is 4.57. The Morgan fingerprint density at radius 3 is 2.53 bits per heavy atom. The van der Waals surface area contributed by atoms with Crippen LogP contribution in [0.4, 0.5) is 0 Å². The van der Waals surface area contributed by atoms with E-state index in [0.29, 0.717) is 18.4 Å². The molecule has 1 aromatic rings. The smallest absolute Gasteiger partial charge is 0.239 e. The molecule has 0 unspecified atom stereocenters. The van der Waals surface area contributed by atoms with Crippen molar-refractivity contribution in [3.63, 3.8) is 0 Å². The second kappa shape index (κ2) is 4.59. The van der Waals surface area contributed by atoms with Gasteiger partial charge >= 0.3 is 0 Å². The van der Waals surface area contributed by atoms with Crippen molar-refractivity contribution in [3.05, 3.63) is 18.3 Å². The quantitative estimate of drug-likeness (QED) is 0.828. The standard InChI is InChI=1S/C9H14N2O3S/c1-7(2)6-14-9-4-3-8(5-11-9)15(10,12)13/h3-5,7H,6H2,1-2H3,(H2,10,12,13). The van der Waals surface area contributed by atoms with Gasteiger partial charge in [-0.05, 0) is 12.0 Å². The predicted octanol–water partition coefficient (Wildman–Crippen LogP) is 0.764. The molecule has 0 saturated heterocycles. The summed E-state index contributed by atoms with van der Waals surface area (Å²) < 4.78 is 27.1. The number of hydrogen-bond acceptors (Lipinski definition) is 4. The number of pyridine rings is 1. The van der Waals surface area contributed by atoms with E-state index >= 15 is 0 Å². The van der Waals surface area contributed by atoms with Crippen LogP contribution >= 0.6 is 0 Å². The van der Waals surface area contributed by atoms with Gasteiger partial charge in [-0.2, -0.15) is 0 Å². The Labute approximate surface area is 89.3 Å². The number of aromatic nitrogens is 1. The first-order valence-electron chi connectivity index (χ1n) is 4.51. The van der Waals surface area contributed by atoms with Gasteiger partial charge in [-0.1, -0.05) is 13.8 Å². The van der Waals surface area contributed by atoms with Crippen LogP contribution in [-0.4, -0.2) is 20.0 Å². The predicted molar refractivity (Wildman–Crippen MR) is 55.9 cm³/mol. The Balaban J connectivity index is 2.73. The van der Waals surface area contributed by atoms with Crippen LogP contribution in [0.15, 0.2) is 23.2 Å². The maximum absolute atomic E-state index is 10.9. The van der Waals surface area contributed by atoms with Gasteiger partial charge in [-0.15, -0.1) is 0 Å². The second-order valence-corrected chi connectivity index (χ2v) is 5.14. The maximum Gasteiger partial charge on any atom is 0.239 e. The molecular formula is C9H14N2O3S. The Hall–Kier alpha value is -1.14. The van der Waals surface area contributed by atoms with Crippen molar-refractivity contribution in [2.45, 2.75) is 18.7 Å². The molecule has 1 aromatic heterocycles. The lowest BCUT2D eigenvalue weighted by molar-refractivity contribution is 0.261. The van der Waals surface area contributed by atoms with Gasteiger partial charge in [-0.3, -0.25) is 0 Å². The monoisotopic (exact) mass is 230 g/mol. The van der Waals surface area contributed by atoms with Gasteiger partial charge in [0.05, 0.1) is 12.8 Å². The van der Waals surface area contributed by atoms with Crippen molar-refractivity contribution in [1.82, 2.24) is 4.98 Å². The van der Waals surface area contributed by atoms with E-state index in [2.05, 4.69) is 4.98 Å². The molecule has 5 nitrogen and oxygen atoms in total. The normalized spacial score (nSPS) is 11.7. The van der Waals surface area contributed by atoms with Crippen LogP contribution < -0.4 is 9.88 Å². The molecular weight excluding hydrogens is 216 g/mol. The molecule has 1 heterocycles. The zero-order valence-electron chi connectivity index (χ0n) is 8.67. The molecule has 0 saturated carbocycles. The molecule has 6 heteroatoms. The molecule has 0 aromatic carbocycles. The van der Waals surface area contributed by atoms with E-state index in [1.54, 1.807) is 0 Å². The van der Waals surface area contributed by atoms with Crippen LogP contribution in [0, 0.1) is 5.92 Å². The fourth-order valence-corrected chi connectivity index (χ4v) is 1.33. The summed E-state index contributed by atoms with van der Waals surface area (Å²) in [5.41, 5.74) is 0. The van der Waals surface area contributed by atoms with Crippen molar-refractivity contribution in [2.75, 3.05) is 6.61 Å². The lowest BCUT2D eigenvalue weighted by Crippen LogP contribution is -2.12. The molecule has 0 aliphatic rings. The fraction of sp³-hybridized carbons (Fsp3) is 0.444. The minimum atomic E-state index is -3.67. The molecule has 1 rings (SSSR count). The highest BCUT2D eigenvalue weighted by Crippen LogP contribution is 2.11. The van der Waals surface area contributed by atoms with Gasteiger partial charge in [-0.25, -0.2) is 18.5 Å². The summed E-state index contributed by atoms with van der Waals surface area (Å²) in [7, 11) is -3.67. The summed E-state index contributed by atoms with van der Waals surface area (Å²) in [4.78, 5) is 3.82. The van der Waals surface area contributed by atoms with E-state index in [0.717, 1.165) is 0 Å². The zero-order valence-corrected chi connectivity index (χ0v) is 9.49. The van der Waals surface area contributed by atoms with Crippen molar-refractivity contribution < 1.29 is 13.2 Å². The highest BCUT2D eigenvalue weighted by atomic mass is 32.2. The number of hydrogen-bond donors (Lipinski definition) is 1. The first-order valence-corrected chi connectivity index (χ1v) is 6.06. The van der Waals surface area contributed by atoms with Crippen LogP contribution in [-0.2, 0) is 10.0 Å². The third-order valence-corrected chi connectivity index (χ3v) is 2.50. The van der Waals surface area contributed by atoms with Crippen LogP contribution in [0.2, 0.25) is 0 Å². The van der Waals surface area contributed by atoms with E-state index in [-0.39, 0.29) is 4.90 Å². The van der Waals surface area contributed by atoms with Gasteiger partial charge < -0.3 is 4.74 Å². The summed E-state index contributed by atoms with van der Waals surface area (Å²) in [6, 6.07) is 2.86. The molecule has 2 N–H and O–H groups in total. The summed E-state index contributed by atoms with van der Waals surface area (Å²) >= 11 is 0. The Kier molecular flexibility index (Phi) is 3.65. The van der Waals surface area contributed by atoms with Gasteiger partial charge in [0.1, 0.15) is 4.90 Å². The lowest BCUT2D eigenvalue weighted by atomic mass is 10.2. The summed E-state index contributed by atoms with van der Waals surface area (Å²) in [5.74, 6) is 0.792. The van der Waals surface area contributed by atoms with E-state index in [1.807, 2.05) is 13.8 Å². The van der Waals surface area contributed by atoms with Gasteiger partial charge in [0.25, 0.3) is 0 Å². The van der Waals surface area contributed by atoms with Crippen LogP contribution in [0.5, 0.6) is 5.88 Å². The molecule has 0 atom stereocenters. The molecule has 84 valence electrons. The SMILES string of the molecule is CC(C)COc1ccc(S(N)(=O)=O)cn1. The fourth-order valence-electron chi connectivity index (χ4n) is 0.872. The van der Waals surface area contributed by atoms with Gasteiger partial charge in [0.15, 0.2) is 0 Å². The number of ether oxygens (including phenoxy) is 1. The van der Waals surface area contributed by atoms with Gasteiger partial charge in [0, 0.05) is 6.07 Å². The average molecular weight is 230 g/mol. The largest absolute Gasteiger partial charge is 0.477 e. The molecule has 0 aliphatic carbocycles. The third-order valence-electron chi connectivity index (χ3n) is 1.60. The second-order valence-electron chi connectivity index (χ2n) is 3.58. The minimum absolute atomic E-state index is 0.0144. The molecule has 0 fully saturated rings. The summed E-state index contributed by atoms with van der Waals surface area (Å²) in [5, 5.41) is 4.92. The van der Waals surface area contributed by atoms with E-state index in [1.165, 1.54) is 18.3 Å². The summed E-state index contributed by atoms with van der Waals surface area (Å²) in [6.07, 6.45) is 1.19. The van der Waals surface area contributed by atoms with Crippen LogP contribution in [0.1, 0.15) is 13.8 Å². The first-order chi connectivity index (χ1) is 6.89. The highest BCUT2D eigenvalue weighted by molar-refractivity contribution is 7.89. The highest BCUT2D eigenvalue weighted by Gasteiger charge is 2.08. The molecule has 0 bridgehead atoms. The average Bonchev–Trinajstić information content (AvgIpc) is 2.14. The van der Waals surface area contributed by atoms with E-state index < -0.39 is 10.0 Å². The number of rotatable bonds is 4. The minimum Gasteiger partial charge on any atom is -0.477 e. The zero-order chi connectivity index (χ0) is 11.5. The van der Waals surface area contributed by atoms with Crippen molar-refractivity contribution in [3.8, 4) is 5.88 Å². The first kappa shape index (κ1) is 11.9. The molecule has 0 spiro atoms. The Morgan fingerprint density at radius 2 is 2.13 bits per heavy atom. The van der Waals surface area contributed by atoms with Crippen LogP contribution in [0.25, 0.3) is 0 Å². The van der Waals surface area contributed by atoms with Crippen molar-refractivity contribution in [2.24, 2.45) is 11.1 Å². The molecule has 0 amide bonds. The number of nitrogens with zero attached hydrogens (tertiary/aromatic N) is 1. The lowest BCUT2D eigenvalue weighted by Gasteiger charge is -2.07. The molecule has 0 radical (unpaired) electrons. The third kappa shape index (κ3) is 3.85. The number of sulfonamides is 1.